The van der Waals surface area contributed by atoms with Crippen LogP contribution in [-0.4, -0.2) is 72.2 Å². The zero-order chi connectivity index (χ0) is 22.6. The molecule has 9 heteroatoms. The molecule has 1 aromatic rings. The molecule has 1 saturated heterocycles. The molecule has 1 aromatic heterocycles. The van der Waals surface area contributed by atoms with E-state index in [0.717, 1.165) is 43.6 Å². The number of carbonyl (C=O) groups excluding carboxylic acids is 2. The molecule has 9 nitrogen and oxygen atoms in total. The van der Waals surface area contributed by atoms with Crippen molar-refractivity contribution in [1.29, 1.82) is 0 Å². The normalized spacial score (nSPS) is 20.2. The summed E-state index contributed by atoms with van der Waals surface area (Å²) in [6.07, 6.45) is 2.76. The minimum absolute atomic E-state index is 0.0522. The fraction of sp³-hybridized carbons (Fsp3) is 0.773. The second kappa shape index (κ2) is 9.99. The van der Waals surface area contributed by atoms with Gasteiger partial charge in [0.15, 0.2) is 0 Å². The summed E-state index contributed by atoms with van der Waals surface area (Å²) in [6, 6.07) is 2.25. The third-order valence-electron chi connectivity index (χ3n) is 5.74. The van der Waals surface area contributed by atoms with Crippen LogP contribution in [0.1, 0.15) is 64.4 Å². The smallest absolute Gasteiger partial charge is 0.406 e. The molecule has 2 atom stereocenters. The minimum Gasteiger partial charge on any atom is -0.453 e. The standard InChI is InChI=1S/C22H37N5O4/c1-15(26(16-8-9-16)20(28)19-14-23-11-12-31-19)18-13-17(27(25-18)22(2,3)4)7-6-10-24-21(29)30-5/h13,15-16,19,23H,6-12,14H2,1-5H3,(H,24,29)/t15-,19-/m1/s1. The predicted octanol–water partition coefficient (Wildman–Crippen LogP) is 1.97. The quantitative estimate of drug-likeness (QED) is 0.606. The van der Waals surface area contributed by atoms with Crippen LogP contribution in [0.4, 0.5) is 4.79 Å². The molecule has 2 amide bonds. The van der Waals surface area contributed by atoms with Crippen LogP contribution >= 0.6 is 0 Å². The molecule has 2 N–H and O–H groups in total. The first kappa shape index (κ1) is 23.5. The maximum absolute atomic E-state index is 13.3. The number of methoxy groups -OCH3 is 1. The number of nitrogens with one attached hydrogen (secondary N) is 2. The van der Waals surface area contributed by atoms with Crippen molar-refractivity contribution < 1.29 is 19.1 Å². The number of amides is 2. The topological polar surface area (TPSA) is 97.7 Å². The van der Waals surface area contributed by atoms with E-state index >= 15 is 0 Å². The van der Waals surface area contributed by atoms with Crippen LogP contribution < -0.4 is 10.6 Å². The number of aryl methyl sites for hydroxylation is 1. The number of ether oxygens (including phenoxy) is 2. The Kier molecular flexibility index (Phi) is 7.59. The molecular weight excluding hydrogens is 398 g/mol. The molecule has 3 rings (SSSR count). The van der Waals surface area contributed by atoms with Crippen LogP contribution in [0.2, 0.25) is 0 Å². The highest BCUT2D eigenvalue weighted by molar-refractivity contribution is 5.82. The van der Waals surface area contributed by atoms with Crippen molar-refractivity contribution in [3.63, 3.8) is 0 Å². The fourth-order valence-corrected chi connectivity index (χ4v) is 4.01. The van der Waals surface area contributed by atoms with Gasteiger partial charge in [-0.2, -0.15) is 5.10 Å². The van der Waals surface area contributed by atoms with Crippen molar-refractivity contribution in [3.05, 3.63) is 17.5 Å². The first-order valence-electron chi connectivity index (χ1n) is 11.3. The number of hydrogen-bond acceptors (Lipinski definition) is 6. The predicted molar refractivity (Wildman–Crippen MR) is 117 cm³/mol. The molecule has 0 spiro atoms. The van der Waals surface area contributed by atoms with Gasteiger partial charge in [0.1, 0.15) is 6.10 Å². The molecule has 2 heterocycles. The molecule has 0 radical (unpaired) electrons. The maximum atomic E-state index is 13.3. The van der Waals surface area contributed by atoms with Crippen molar-refractivity contribution in [1.82, 2.24) is 25.3 Å². The van der Waals surface area contributed by atoms with E-state index in [4.69, 9.17) is 9.84 Å². The van der Waals surface area contributed by atoms with Gasteiger partial charge in [-0.05, 0) is 59.4 Å². The first-order valence-corrected chi connectivity index (χ1v) is 11.3. The first-order chi connectivity index (χ1) is 14.7. The van der Waals surface area contributed by atoms with Crippen LogP contribution in [-0.2, 0) is 26.2 Å². The Morgan fingerprint density at radius 3 is 2.74 bits per heavy atom. The van der Waals surface area contributed by atoms with Crippen LogP contribution in [0.25, 0.3) is 0 Å². The Morgan fingerprint density at radius 2 is 2.16 bits per heavy atom. The van der Waals surface area contributed by atoms with Gasteiger partial charge in [0.25, 0.3) is 5.91 Å². The van der Waals surface area contributed by atoms with Crippen molar-refractivity contribution in [2.75, 3.05) is 33.4 Å². The summed E-state index contributed by atoms with van der Waals surface area (Å²) in [4.78, 5) is 26.5. The second-order valence-electron chi connectivity index (χ2n) is 9.38. The number of morpholine rings is 1. The van der Waals surface area contributed by atoms with Gasteiger partial charge < -0.3 is 25.0 Å². The van der Waals surface area contributed by atoms with E-state index < -0.39 is 12.2 Å². The second-order valence-corrected chi connectivity index (χ2v) is 9.38. The molecule has 2 aliphatic rings. The summed E-state index contributed by atoms with van der Waals surface area (Å²) < 4.78 is 12.4. The van der Waals surface area contributed by atoms with Gasteiger partial charge in [-0.15, -0.1) is 0 Å². The van der Waals surface area contributed by atoms with E-state index in [1.54, 1.807) is 0 Å². The SMILES string of the molecule is COC(=O)NCCCc1cc([C@@H](C)N(C(=O)[C@H]2CNCCO2)C2CC2)nn1C(C)(C)C. The molecule has 174 valence electrons. The van der Waals surface area contributed by atoms with Crippen molar-refractivity contribution >= 4 is 12.0 Å². The Bertz CT molecular complexity index is 762. The van der Waals surface area contributed by atoms with Gasteiger partial charge >= 0.3 is 6.09 Å². The molecule has 0 unspecified atom stereocenters. The summed E-state index contributed by atoms with van der Waals surface area (Å²) in [6.45, 7) is 10.9. The molecule has 1 aliphatic carbocycles. The number of alkyl carbamates (subject to hydrolysis) is 1. The largest absolute Gasteiger partial charge is 0.453 e. The molecule has 1 aliphatic heterocycles. The van der Waals surface area contributed by atoms with Crippen molar-refractivity contribution in [2.24, 2.45) is 0 Å². The van der Waals surface area contributed by atoms with Gasteiger partial charge in [-0.3, -0.25) is 9.48 Å². The molecule has 0 aromatic carbocycles. The lowest BCUT2D eigenvalue weighted by atomic mass is 10.1. The summed E-state index contributed by atoms with van der Waals surface area (Å²) >= 11 is 0. The molecule has 31 heavy (non-hydrogen) atoms. The summed E-state index contributed by atoms with van der Waals surface area (Å²) in [5.74, 6) is 0.0522. The van der Waals surface area contributed by atoms with Gasteiger partial charge in [0.2, 0.25) is 0 Å². The van der Waals surface area contributed by atoms with Crippen LogP contribution in [0.15, 0.2) is 6.07 Å². The fourth-order valence-electron chi connectivity index (χ4n) is 4.01. The Hall–Kier alpha value is -2.13. The highest BCUT2D eigenvalue weighted by Gasteiger charge is 2.41. The number of aromatic nitrogens is 2. The van der Waals surface area contributed by atoms with Crippen molar-refractivity contribution in [3.8, 4) is 0 Å². The van der Waals surface area contributed by atoms with E-state index in [0.29, 0.717) is 19.7 Å². The zero-order valence-corrected chi connectivity index (χ0v) is 19.4. The van der Waals surface area contributed by atoms with Crippen LogP contribution in [0, 0.1) is 0 Å². The molecule has 0 bridgehead atoms. The lowest BCUT2D eigenvalue weighted by Crippen LogP contribution is -2.50. The summed E-state index contributed by atoms with van der Waals surface area (Å²) in [5.41, 5.74) is 1.81. The lowest BCUT2D eigenvalue weighted by molar-refractivity contribution is -0.148. The maximum Gasteiger partial charge on any atom is 0.406 e. The monoisotopic (exact) mass is 435 g/mol. The third-order valence-corrected chi connectivity index (χ3v) is 5.74. The average molecular weight is 436 g/mol. The van der Waals surface area contributed by atoms with E-state index in [-0.39, 0.29) is 23.5 Å². The molecule has 2 fully saturated rings. The number of carbonyl (C=O) groups is 2. The highest BCUT2D eigenvalue weighted by Crippen LogP contribution is 2.35. The molecule has 1 saturated carbocycles. The van der Waals surface area contributed by atoms with Gasteiger partial charge in [0.05, 0.1) is 31.0 Å². The Balaban J connectivity index is 1.75. The highest BCUT2D eigenvalue weighted by atomic mass is 16.5. The molecular formula is C22H37N5O4. The Labute approximate surface area is 184 Å². The minimum atomic E-state index is -0.426. The van der Waals surface area contributed by atoms with E-state index in [1.807, 2.05) is 9.58 Å². The van der Waals surface area contributed by atoms with Crippen molar-refractivity contribution in [2.45, 2.75) is 77.1 Å². The lowest BCUT2D eigenvalue weighted by Gasteiger charge is -2.33. The third kappa shape index (κ3) is 5.98. The summed E-state index contributed by atoms with van der Waals surface area (Å²) in [7, 11) is 1.36. The van der Waals surface area contributed by atoms with Gasteiger partial charge in [0, 0.05) is 31.4 Å². The number of nitrogens with zero attached hydrogens (tertiary/aromatic N) is 3. The summed E-state index contributed by atoms with van der Waals surface area (Å²) in [5, 5.41) is 10.9. The zero-order valence-electron chi connectivity index (χ0n) is 19.4. The van der Waals surface area contributed by atoms with E-state index in [1.165, 1.54) is 7.11 Å². The van der Waals surface area contributed by atoms with E-state index in [2.05, 4.69) is 49.1 Å². The Morgan fingerprint density at radius 1 is 1.42 bits per heavy atom. The van der Waals surface area contributed by atoms with Crippen LogP contribution in [0.5, 0.6) is 0 Å². The van der Waals surface area contributed by atoms with Crippen LogP contribution in [0.3, 0.4) is 0 Å². The van der Waals surface area contributed by atoms with Gasteiger partial charge in [-0.25, -0.2) is 4.79 Å². The average Bonchev–Trinajstić information content (AvgIpc) is 3.47. The number of hydrogen-bond donors (Lipinski definition) is 2. The van der Waals surface area contributed by atoms with Gasteiger partial charge in [-0.1, -0.05) is 0 Å². The number of rotatable bonds is 8. The van der Waals surface area contributed by atoms with E-state index in [9.17, 15) is 9.59 Å².